The fourth-order valence-electron chi connectivity index (χ4n) is 2.12. The minimum absolute atomic E-state index is 1.16. The van der Waals surface area contributed by atoms with Gasteiger partial charge in [0, 0.05) is 6.92 Å². The van der Waals surface area contributed by atoms with E-state index in [2.05, 4.69) is 42.0 Å². The van der Waals surface area contributed by atoms with Crippen LogP contribution in [0.15, 0.2) is 0 Å². The Bertz CT molecular complexity index is 226. The van der Waals surface area contributed by atoms with Crippen molar-refractivity contribution in [2.45, 2.75) is 46.5 Å². The summed E-state index contributed by atoms with van der Waals surface area (Å²) in [7, 11) is 0. The second kappa shape index (κ2) is 7.99. The van der Waals surface area contributed by atoms with Gasteiger partial charge in [-0.15, -0.1) is 11.8 Å². The van der Waals surface area contributed by atoms with E-state index in [9.17, 15) is 0 Å². The van der Waals surface area contributed by atoms with Crippen molar-refractivity contribution < 1.29 is 4.58 Å². The molecule has 0 atom stereocenters. The van der Waals surface area contributed by atoms with Crippen LogP contribution in [-0.4, -0.2) is 46.6 Å². The summed E-state index contributed by atoms with van der Waals surface area (Å²) in [5.74, 6) is 3.99. The molecule has 0 spiro atoms. The minimum Gasteiger partial charge on any atom is -0.262 e. The average molecular weight is 243 g/mol. The second-order valence-corrected chi connectivity index (χ2v) is 5.56. The maximum atomic E-state index is 2.52. The van der Waals surface area contributed by atoms with Crippen LogP contribution in [0.3, 0.4) is 0 Å². The van der Waals surface area contributed by atoms with Crippen molar-refractivity contribution in [3.63, 3.8) is 0 Å². The topological polar surface area (TPSA) is 6.25 Å². The van der Waals surface area contributed by atoms with Gasteiger partial charge in [-0.25, -0.2) is 0 Å². The monoisotopic (exact) mass is 243 g/mol. The highest BCUT2D eigenvalue weighted by Gasteiger charge is 2.24. The van der Waals surface area contributed by atoms with Gasteiger partial charge in [0.1, 0.15) is 19.0 Å². The molecule has 0 bridgehead atoms. The van der Waals surface area contributed by atoms with Crippen molar-refractivity contribution in [3.8, 4) is 0 Å². The van der Waals surface area contributed by atoms with Gasteiger partial charge in [0.2, 0.25) is 5.84 Å². The standard InChI is InChI=1S/C13H27N2S/c1-4-6-7-8-11-16-12-15-10-9-14(5-2)13(15)3/h4-12H2,1-3H3/q+1. The molecule has 0 unspecified atom stereocenters. The van der Waals surface area contributed by atoms with Gasteiger partial charge in [0.05, 0.1) is 6.54 Å². The zero-order valence-corrected chi connectivity index (χ0v) is 12.0. The molecule has 94 valence electrons. The molecule has 0 aromatic carbocycles. The van der Waals surface area contributed by atoms with Crippen molar-refractivity contribution in [2.24, 2.45) is 0 Å². The van der Waals surface area contributed by atoms with Crippen molar-refractivity contribution in [3.05, 3.63) is 0 Å². The molecule has 0 saturated carbocycles. The average Bonchev–Trinajstić information content (AvgIpc) is 2.65. The molecule has 1 aliphatic heterocycles. The largest absolute Gasteiger partial charge is 0.262 e. The molecule has 3 heteroatoms. The van der Waals surface area contributed by atoms with Crippen LogP contribution in [0.4, 0.5) is 0 Å². The third-order valence-corrected chi connectivity index (χ3v) is 4.40. The molecular formula is C13H27N2S+. The van der Waals surface area contributed by atoms with Gasteiger partial charge in [0.15, 0.2) is 0 Å². The number of nitrogens with zero attached hydrogens (tertiary/aromatic N) is 2. The molecule has 1 rings (SSSR count). The maximum Gasteiger partial charge on any atom is 0.244 e. The Morgan fingerprint density at radius 2 is 2.06 bits per heavy atom. The molecular weight excluding hydrogens is 216 g/mol. The Morgan fingerprint density at radius 1 is 1.25 bits per heavy atom. The van der Waals surface area contributed by atoms with Crippen molar-refractivity contribution in [2.75, 3.05) is 31.3 Å². The fraction of sp³-hybridized carbons (Fsp3) is 0.923. The minimum atomic E-state index is 1.16. The highest BCUT2D eigenvalue weighted by Crippen LogP contribution is 2.10. The van der Waals surface area contributed by atoms with E-state index in [-0.39, 0.29) is 0 Å². The highest BCUT2D eigenvalue weighted by molar-refractivity contribution is 7.99. The van der Waals surface area contributed by atoms with E-state index in [1.807, 2.05) is 0 Å². The lowest BCUT2D eigenvalue weighted by molar-refractivity contribution is -0.497. The Morgan fingerprint density at radius 3 is 2.69 bits per heavy atom. The third-order valence-electron chi connectivity index (χ3n) is 3.33. The van der Waals surface area contributed by atoms with E-state index in [4.69, 9.17) is 0 Å². The van der Waals surface area contributed by atoms with Crippen LogP contribution in [0.2, 0.25) is 0 Å². The van der Waals surface area contributed by atoms with Gasteiger partial charge in [0.25, 0.3) is 0 Å². The number of thioether (sulfide) groups is 1. The van der Waals surface area contributed by atoms with Crippen molar-refractivity contribution in [1.29, 1.82) is 0 Å². The molecule has 0 saturated heterocycles. The molecule has 0 aromatic rings. The van der Waals surface area contributed by atoms with Crippen LogP contribution in [0.1, 0.15) is 46.5 Å². The van der Waals surface area contributed by atoms with E-state index in [1.54, 1.807) is 0 Å². The first-order chi connectivity index (χ1) is 7.79. The first kappa shape index (κ1) is 13.9. The van der Waals surface area contributed by atoms with Gasteiger partial charge >= 0.3 is 0 Å². The molecule has 1 aliphatic rings. The van der Waals surface area contributed by atoms with Crippen LogP contribution in [0.25, 0.3) is 0 Å². The summed E-state index contributed by atoms with van der Waals surface area (Å²) < 4.78 is 2.52. The maximum absolute atomic E-state index is 2.52. The third kappa shape index (κ3) is 4.36. The van der Waals surface area contributed by atoms with Crippen LogP contribution < -0.4 is 0 Å². The van der Waals surface area contributed by atoms with E-state index >= 15 is 0 Å². The summed E-state index contributed by atoms with van der Waals surface area (Å²) >= 11 is 2.10. The van der Waals surface area contributed by atoms with E-state index in [1.165, 1.54) is 56.2 Å². The fourth-order valence-corrected chi connectivity index (χ4v) is 3.19. The molecule has 0 fully saturated rings. The van der Waals surface area contributed by atoms with Gasteiger partial charge in [-0.1, -0.05) is 26.2 Å². The summed E-state index contributed by atoms with van der Waals surface area (Å²) in [6, 6.07) is 0. The van der Waals surface area contributed by atoms with Crippen LogP contribution >= 0.6 is 11.8 Å². The predicted molar refractivity (Wildman–Crippen MR) is 74.5 cm³/mol. The summed E-state index contributed by atoms with van der Waals surface area (Å²) in [6.45, 7) is 10.4. The molecule has 0 N–H and O–H groups in total. The number of amidine groups is 1. The summed E-state index contributed by atoms with van der Waals surface area (Å²) in [5, 5.41) is 0. The Labute approximate surface area is 105 Å². The van der Waals surface area contributed by atoms with Crippen LogP contribution in [0.5, 0.6) is 0 Å². The summed E-state index contributed by atoms with van der Waals surface area (Å²) in [4.78, 5) is 2.47. The van der Waals surface area contributed by atoms with Gasteiger partial charge in [-0.05, 0) is 19.1 Å². The number of hydrogen-bond acceptors (Lipinski definition) is 2. The summed E-state index contributed by atoms with van der Waals surface area (Å²) in [6.07, 6.45) is 5.55. The first-order valence-electron chi connectivity index (χ1n) is 6.70. The van der Waals surface area contributed by atoms with E-state index < -0.39 is 0 Å². The second-order valence-electron chi connectivity index (χ2n) is 4.49. The molecule has 1 heterocycles. The zero-order valence-electron chi connectivity index (χ0n) is 11.2. The molecule has 16 heavy (non-hydrogen) atoms. The van der Waals surface area contributed by atoms with Gasteiger partial charge in [-0.3, -0.25) is 9.48 Å². The Kier molecular flexibility index (Phi) is 6.93. The van der Waals surface area contributed by atoms with Gasteiger partial charge in [-0.2, -0.15) is 0 Å². The molecule has 0 aliphatic carbocycles. The normalized spacial score (nSPS) is 16.3. The highest BCUT2D eigenvalue weighted by atomic mass is 32.2. The van der Waals surface area contributed by atoms with Gasteiger partial charge < -0.3 is 0 Å². The molecule has 0 amide bonds. The lowest BCUT2D eigenvalue weighted by Crippen LogP contribution is -2.26. The number of rotatable bonds is 8. The van der Waals surface area contributed by atoms with Crippen LogP contribution in [-0.2, 0) is 0 Å². The predicted octanol–water partition coefficient (Wildman–Crippen LogP) is 3.02. The number of likely N-dealkylation sites (N-methyl/N-ethyl adjacent to an activating group) is 1. The SMILES string of the molecule is CCCCCCSC[N+]1=C(C)N(CC)CC1. The lowest BCUT2D eigenvalue weighted by Gasteiger charge is -2.06. The first-order valence-corrected chi connectivity index (χ1v) is 7.86. The van der Waals surface area contributed by atoms with E-state index in [0.29, 0.717) is 0 Å². The zero-order chi connectivity index (χ0) is 11.8. The molecule has 0 aromatic heterocycles. The quantitative estimate of drug-likeness (QED) is 0.477. The number of hydrogen-bond donors (Lipinski definition) is 0. The molecule has 2 nitrogen and oxygen atoms in total. The van der Waals surface area contributed by atoms with Crippen molar-refractivity contribution >= 4 is 17.6 Å². The number of unbranched alkanes of at least 4 members (excludes halogenated alkanes) is 3. The van der Waals surface area contributed by atoms with E-state index in [0.717, 1.165) is 6.54 Å². The Hall–Kier alpha value is -0.180. The smallest absolute Gasteiger partial charge is 0.244 e. The lowest BCUT2D eigenvalue weighted by atomic mass is 10.2. The van der Waals surface area contributed by atoms with Crippen LogP contribution in [0, 0.1) is 0 Å². The Balaban J connectivity index is 2.11. The molecule has 0 radical (unpaired) electrons. The summed E-state index contributed by atoms with van der Waals surface area (Å²) in [5.41, 5.74) is 0. The van der Waals surface area contributed by atoms with Crippen molar-refractivity contribution in [1.82, 2.24) is 4.90 Å².